The molecule has 0 aromatic heterocycles. The highest BCUT2D eigenvalue weighted by Gasteiger charge is 2.34. The monoisotopic (exact) mass is 337 g/mol. The molecule has 2 fully saturated rings. The number of carbonyl (C=O) groups excluding carboxylic acids is 1. The van der Waals surface area contributed by atoms with Crippen molar-refractivity contribution >= 4 is 12.1 Å². The van der Waals surface area contributed by atoms with Crippen LogP contribution in [0, 0.1) is 11.8 Å². The molecule has 5 heteroatoms. The van der Waals surface area contributed by atoms with Crippen LogP contribution in [0.25, 0.3) is 0 Å². The number of carbonyl (C=O) groups is 2. The maximum atomic E-state index is 12.2. The number of nitrogens with one attached hydrogen (secondary N) is 1. The third-order valence-electron chi connectivity index (χ3n) is 5.49. The van der Waals surface area contributed by atoms with Gasteiger partial charge in [-0.15, -0.1) is 6.58 Å². The average Bonchev–Trinajstić information content (AvgIpc) is 3.00. The molecule has 0 aliphatic heterocycles. The van der Waals surface area contributed by atoms with Gasteiger partial charge in [0.15, 0.2) is 0 Å². The number of alkyl carbamates (subject to hydrolysis) is 1. The Labute approximate surface area is 144 Å². The summed E-state index contributed by atoms with van der Waals surface area (Å²) in [5, 5.41) is 12.1. The van der Waals surface area contributed by atoms with Crippen molar-refractivity contribution in [2.75, 3.05) is 0 Å². The van der Waals surface area contributed by atoms with Crippen LogP contribution in [-0.4, -0.2) is 29.3 Å². The Bertz CT molecular complexity index is 431. The first-order valence-electron chi connectivity index (χ1n) is 9.42. The highest BCUT2D eigenvalue weighted by Crippen LogP contribution is 2.32. The van der Waals surface area contributed by atoms with Gasteiger partial charge >= 0.3 is 12.1 Å². The third-order valence-corrected chi connectivity index (χ3v) is 5.49. The molecular weight excluding hydrogens is 306 g/mol. The van der Waals surface area contributed by atoms with Crippen LogP contribution in [0.1, 0.15) is 70.6 Å². The quantitative estimate of drug-likeness (QED) is 0.512. The predicted octanol–water partition coefficient (Wildman–Crippen LogP) is 4.27. The maximum absolute atomic E-state index is 12.2. The van der Waals surface area contributed by atoms with Gasteiger partial charge in [-0.1, -0.05) is 25.3 Å². The molecule has 0 aromatic carbocycles. The topological polar surface area (TPSA) is 75.6 Å². The van der Waals surface area contributed by atoms with Gasteiger partial charge in [0.2, 0.25) is 0 Å². The number of unbranched alkanes of at least 4 members (excludes halogenated alkanes) is 1. The fraction of sp³-hybridized carbons (Fsp3) is 0.789. The zero-order valence-corrected chi connectivity index (χ0v) is 14.5. The number of hydrogen-bond acceptors (Lipinski definition) is 3. The van der Waals surface area contributed by atoms with E-state index >= 15 is 0 Å². The second-order valence-corrected chi connectivity index (χ2v) is 7.21. The smallest absolute Gasteiger partial charge is 0.408 e. The number of ether oxygens (including phenoxy) is 1. The fourth-order valence-electron chi connectivity index (χ4n) is 4.16. The molecule has 2 unspecified atom stereocenters. The molecular formula is C19H31NO4. The second-order valence-electron chi connectivity index (χ2n) is 7.21. The molecule has 2 rings (SSSR count). The fourth-order valence-corrected chi connectivity index (χ4v) is 4.16. The van der Waals surface area contributed by atoms with E-state index in [0.29, 0.717) is 5.92 Å². The standard InChI is InChI=1S/C19H31NO4/c1-2-3-5-9-14-12-8-13-16(14)24-19(23)20-17(18(21)22)15-10-6-4-7-11-15/h2,14-17H,1,3-13H2,(H,20,23)(H,21,22)/t14?,16?,17-/m0/s1. The van der Waals surface area contributed by atoms with Crippen LogP contribution in [0.3, 0.4) is 0 Å². The summed E-state index contributed by atoms with van der Waals surface area (Å²) in [5.41, 5.74) is 0. The van der Waals surface area contributed by atoms with Gasteiger partial charge in [0.25, 0.3) is 0 Å². The predicted molar refractivity (Wildman–Crippen MR) is 92.8 cm³/mol. The van der Waals surface area contributed by atoms with E-state index < -0.39 is 18.1 Å². The van der Waals surface area contributed by atoms with Crippen LogP contribution in [0.4, 0.5) is 4.79 Å². The second kappa shape index (κ2) is 9.70. The molecule has 2 aliphatic rings. The van der Waals surface area contributed by atoms with Gasteiger partial charge in [0.1, 0.15) is 12.1 Å². The van der Waals surface area contributed by atoms with Crippen molar-refractivity contribution in [1.29, 1.82) is 0 Å². The van der Waals surface area contributed by atoms with Crippen molar-refractivity contribution in [2.45, 2.75) is 82.8 Å². The number of aliphatic carboxylic acids is 1. The largest absolute Gasteiger partial charge is 0.480 e. The van der Waals surface area contributed by atoms with Crippen molar-refractivity contribution in [3.8, 4) is 0 Å². The minimum Gasteiger partial charge on any atom is -0.480 e. The number of carboxylic acid groups (broad SMARTS) is 1. The van der Waals surface area contributed by atoms with E-state index in [4.69, 9.17) is 4.74 Å². The van der Waals surface area contributed by atoms with Gasteiger partial charge in [0, 0.05) is 0 Å². The minimum atomic E-state index is -0.951. The summed E-state index contributed by atoms with van der Waals surface area (Å²) in [4.78, 5) is 23.7. The lowest BCUT2D eigenvalue weighted by atomic mass is 9.84. The van der Waals surface area contributed by atoms with Crippen LogP contribution in [0.2, 0.25) is 0 Å². The van der Waals surface area contributed by atoms with Gasteiger partial charge in [-0.2, -0.15) is 0 Å². The number of allylic oxidation sites excluding steroid dienone is 1. The number of hydrogen-bond donors (Lipinski definition) is 2. The van der Waals surface area contributed by atoms with E-state index in [0.717, 1.165) is 70.6 Å². The van der Waals surface area contributed by atoms with Crippen molar-refractivity contribution < 1.29 is 19.4 Å². The SMILES string of the molecule is C=CCCCC1CCCC1OC(=O)N[C@H](C(=O)O)C1CCCCC1. The highest BCUT2D eigenvalue weighted by molar-refractivity contribution is 5.80. The Morgan fingerprint density at radius 3 is 2.58 bits per heavy atom. The van der Waals surface area contributed by atoms with Crippen LogP contribution in [0.15, 0.2) is 12.7 Å². The first kappa shape index (κ1) is 18.8. The van der Waals surface area contributed by atoms with Gasteiger partial charge in [-0.3, -0.25) is 0 Å². The van der Waals surface area contributed by atoms with Crippen molar-refractivity contribution in [3.05, 3.63) is 12.7 Å². The Morgan fingerprint density at radius 2 is 1.92 bits per heavy atom. The molecule has 2 aliphatic carbocycles. The molecule has 0 spiro atoms. The lowest BCUT2D eigenvalue weighted by Gasteiger charge is -2.28. The number of carboxylic acids is 1. The Hall–Kier alpha value is -1.52. The Kier molecular flexibility index (Phi) is 7.60. The molecule has 24 heavy (non-hydrogen) atoms. The van der Waals surface area contributed by atoms with E-state index in [-0.39, 0.29) is 12.0 Å². The molecule has 0 saturated heterocycles. The summed E-state index contributed by atoms with van der Waals surface area (Å²) in [6, 6.07) is -0.821. The van der Waals surface area contributed by atoms with Gasteiger partial charge in [0.05, 0.1) is 0 Å². The molecule has 1 amide bonds. The van der Waals surface area contributed by atoms with Crippen molar-refractivity contribution in [3.63, 3.8) is 0 Å². The Morgan fingerprint density at radius 1 is 1.17 bits per heavy atom. The summed E-state index contributed by atoms with van der Waals surface area (Å²) in [6.45, 7) is 3.73. The number of rotatable bonds is 8. The minimum absolute atomic E-state index is 0.0239. The van der Waals surface area contributed by atoms with Gasteiger partial charge in [-0.05, 0) is 63.2 Å². The molecule has 2 saturated carbocycles. The Balaban J connectivity index is 1.83. The average molecular weight is 337 g/mol. The summed E-state index contributed by atoms with van der Waals surface area (Å²) < 4.78 is 5.59. The molecule has 0 bridgehead atoms. The van der Waals surface area contributed by atoms with Gasteiger partial charge < -0.3 is 15.2 Å². The molecule has 5 nitrogen and oxygen atoms in total. The first-order valence-corrected chi connectivity index (χ1v) is 9.42. The molecule has 0 radical (unpaired) electrons. The first-order chi connectivity index (χ1) is 11.6. The lowest BCUT2D eigenvalue weighted by molar-refractivity contribution is -0.141. The van der Waals surface area contributed by atoms with Crippen LogP contribution in [0.5, 0.6) is 0 Å². The highest BCUT2D eigenvalue weighted by atomic mass is 16.6. The van der Waals surface area contributed by atoms with Crippen molar-refractivity contribution in [1.82, 2.24) is 5.32 Å². The summed E-state index contributed by atoms with van der Waals surface area (Å²) in [7, 11) is 0. The lowest BCUT2D eigenvalue weighted by Crippen LogP contribution is -2.47. The van der Waals surface area contributed by atoms with E-state index in [2.05, 4.69) is 11.9 Å². The molecule has 0 heterocycles. The van der Waals surface area contributed by atoms with Crippen LogP contribution in [-0.2, 0) is 9.53 Å². The molecule has 3 atom stereocenters. The van der Waals surface area contributed by atoms with E-state index in [9.17, 15) is 14.7 Å². The summed E-state index contributed by atoms with van der Waals surface area (Å²) in [5.74, 6) is -0.530. The normalized spacial score (nSPS) is 25.8. The van der Waals surface area contributed by atoms with E-state index in [1.165, 1.54) is 0 Å². The zero-order chi connectivity index (χ0) is 17.4. The molecule has 2 N–H and O–H groups in total. The van der Waals surface area contributed by atoms with Crippen LogP contribution >= 0.6 is 0 Å². The van der Waals surface area contributed by atoms with Gasteiger partial charge in [-0.25, -0.2) is 9.59 Å². The summed E-state index contributed by atoms with van der Waals surface area (Å²) in [6.07, 6.45) is 12.4. The number of amides is 1. The third kappa shape index (κ3) is 5.53. The van der Waals surface area contributed by atoms with E-state index in [1.54, 1.807) is 0 Å². The summed E-state index contributed by atoms with van der Waals surface area (Å²) >= 11 is 0. The molecule has 136 valence electrons. The van der Waals surface area contributed by atoms with E-state index in [1.807, 2.05) is 6.08 Å². The van der Waals surface area contributed by atoms with Crippen LogP contribution < -0.4 is 5.32 Å². The zero-order valence-electron chi connectivity index (χ0n) is 14.5. The maximum Gasteiger partial charge on any atom is 0.408 e. The van der Waals surface area contributed by atoms with Crippen molar-refractivity contribution in [2.24, 2.45) is 11.8 Å². The molecule has 0 aromatic rings.